The molecule has 0 spiro atoms. The molecule has 0 saturated heterocycles. The summed E-state index contributed by atoms with van der Waals surface area (Å²) in [6.07, 6.45) is 12.1. The van der Waals surface area contributed by atoms with Crippen molar-refractivity contribution in [2.75, 3.05) is 0 Å². The monoisotopic (exact) mass is 267 g/mol. The maximum absolute atomic E-state index is 11.1. The van der Waals surface area contributed by atoms with Crippen LogP contribution in [0.1, 0.15) is 71.1 Å². The number of nitrogens with one attached hydrogen (secondary N) is 1. The third kappa shape index (κ3) is 4.48. The number of carbonyl (C=O) groups is 1. The van der Waals surface area contributed by atoms with Gasteiger partial charge in [0.2, 0.25) is 0 Å². The molecule has 2 aliphatic carbocycles. The lowest BCUT2D eigenvalue weighted by molar-refractivity contribution is -0.143. The Hall–Kier alpha value is -0.570. The third-order valence-corrected chi connectivity index (χ3v) is 5.13. The second kappa shape index (κ2) is 7.28. The highest BCUT2D eigenvalue weighted by Crippen LogP contribution is 2.28. The van der Waals surface area contributed by atoms with Crippen molar-refractivity contribution >= 4 is 5.97 Å². The van der Waals surface area contributed by atoms with Gasteiger partial charge in [0, 0.05) is 12.1 Å². The van der Waals surface area contributed by atoms with Crippen molar-refractivity contribution in [3.8, 4) is 0 Å². The van der Waals surface area contributed by atoms with E-state index in [2.05, 4.69) is 12.2 Å². The molecule has 0 aromatic rings. The van der Waals surface area contributed by atoms with Crippen LogP contribution in [0.5, 0.6) is 0 Å². The molecule has 2 fully saturated rings. The highest BCUT2D eigenvalue weighted by Gasteiger charge is 2.29. The fourth-order valence-electron chi connectivity index (χ4n) is 3.88. The van der Waals surface area contributed by atoms with Crippen LogP contribution in [0, 0.1) is 11.8 Å². The summed E-state index contributed by atoms with van der Waals surface area (Å²) in [5, 5.41) is 12.9. The van der Waals surface area contributed by atoms with E-state index in [1.807, 2.05) is 0 Å². The summed E-state index contributed by atoms with van der Waals surface area (Å²) in [6, 6.07) is 0.976. The Morgan fingerprint density at radius 2 is 1.74 bits per heavy atom. The molecule has 2 N–H and O–H groups in total. The molecule has 0 aromatic heterocycles. The van der Waals surface area contributed by atoms with Crippen LogP contribution in [-0.4, -0.2) is 23.2 Å². The van der Waals surface area contributed by atoms with Crippen molar-refractivity contribution in [3.63, 3.8) is 0 Å². The largest absolute Gasteiger partial charge is 0.481 e. The molecule has 2 rings (SSSR count). The van der Waals surface area contributed by atoms with Crippen molar-refractivity contribution in [1.82, 2.24) is 5.32 Å². The normalized spacial score (nSPS) is 31.6. The first-order valence-corrected chi connectivity index (χ1v) is 8.15. The van der Waals surface area contributed by atoms with Gasteiger partial charge in [0.05, 0.1) is 5.92 Å². The van der Waals surface area contributed by atoms with E-state index in [9.17, 15) is 4.79 Å². The minimum absolute atomic E-state index is 0.118. The van der Waals surface area contributed by atoms with Crippen molar-refractivity contribution in [1.29, 1.82) is 0 Å². The number of carboxylic acids is 1. The summed E-state index contributed by atoms with van der Waals surface area (Å²) in [4.78, 5) is 11.1. The smallest absolute Gasteiger partial charge is 0.306 e. The number of rotatable bonds is 4. The average Bonchev–Trinajstić information content (AvgIpc) is 2.68. The Morgan fingerprint density at radius 3 is 2.37 bits per heavy atom. The highest BCUT2D eigenvalue weighted by atomic mass is 16.4. The number of hydrogen-bond acceptors (Lipinski definition) is 2. The first-order valence-electron chi connectivity index (χ1n) is 8.15. The number of aliphatic carboxylic acids is 1. The fraction of sp³-hybridized carbons (Fsp3) is 0.938. The van der Waals surface area contributed by atoms with Crippen LogP contribution in [0.4, 0.5) is 0 Å². The number of carboxylic acid groups (broad SMARTS) is 1. The van der Waals surface area contributed by atoms with Gasteiger partial charge in [0.1, 0.15) is 0 Å². The second-order valence-electron chi connectivity index (χ2n) is 6.61. The predicted octanol–water partition coefficient (Wildman–Crippen LogP) is 3.58. The molecule has 0 aromatic carbocycles. The van der Waals surface area contributed by atoms with Crippen LogP contribution in [0.3, 0.4) is 0 Å². The number of hydrogen-bond donors (Lipinski definition) is 2. The Balaban J connectivity index is 1.80. The molecule has 3 atom stereocenters. The molecule has 19 heavy (non-hydrogen) atoms. The highest BCUT2D eigenvalue weighted by molar-refractivity contribution is 5.70. The van der Waals surface area contributed by atoms with Crippen LogP contribution in [0.15, 0.2) is 0 Å². The van der Waals surface area contributed by atoms with Gasteiger partial charge in [-0.15, -0.1) is 0 Å². The van der Waals surface area contributed by atoms with E-state index in [0.29, 0.717) is 12.1 Å². The molecule has 2 saturated carbocycles. The summed E-state index contributed by atoms with van der Waals surface area (Å²) in [5.41, 5.74) is 0. The zero-order valence-corrected chi connectivity index (χ0v) is 12.2. The van der Waals surface area contributed by atoms with Gasteiger partial charge >= 0.3 is 5.97 Å². The molecule has 0 aliphatic heterocycles. The summed E-state index contributed by atoms with van der Waals surface area (Å²) >= 11 is 0. The van der Waals surface area contributed by atoms with E-state index in [0.717, 1.165) is 31.6 Å². The molecule has 110 valence electrons. The van der Waals surface area contributed by atoms with Crippen molar-refractivity contribution < 1.29 is 9.90 Å². The van der Waals surface area contributed by atoms with E-state index < -0.39 is 5.97 Å². The lowest BCUT2D eigenvalue weighted by Crippen LogP contribution is -2.44. The average molecular weight is 267 g/mol. The predicted molar refractivity (Wildman–Crippen MR) is 77.2 cm³/mol. The quantitative estimate of drug-likeness (QED) is 0.765. The molecule has 0 amide bonds. The maximum atomic E-state index is 11.1. The molecule has 2 aliphatic rings. The van der Waals surface area contributed by atoms with E-state index in [4.69, 9.17) is 5.11 Å². The third-order valence-electron chi connectivity index (χ3n) is 5.13. The Labute approximate surface area is 117 Å². The summed E-state index contributed by atoms with van der Waals surface area (Å²) in [6.45, 7) is 2.31. The molecule has 0 bridgehead atoms. The molecule has 0 radical (unpaired) electrons. The summed E-state index contributed by atoms with van der Waals surface area (Å²) in [7, 11) is 0. The standard InChI is InChI=1S/C16H29NO2/c1-12(13-7-4-2-3-5-8-13)17-15-10-6-9-14(11-15)16(18)19/h12-15,17H,2-11H2,1H3,(H,18,19)/t12-,14?,15?/m1/s1. The molecule has 3 heteroatoms. The molecule has 0 heterocycles. The second-order valence-corrected chi connectivity index (χ2v) is 6.61. The van der Waals surface area contributed by atoms with Crippen LogP contribution >= 0.6 is 0 Å². The van der Waals surface area contributed by atoms with Gasteiger partial charge in [-0.3, -0.25) is 4.79 Å². The Bertz CT molecular complexity index is 284. The fourth-order valence-corrected chi connectivity index (χ4v) is 3.88. The van der Waals surface area contributed by atoms with E-state index >= 15 is 0 Å². The van der Waals surface area contributed by atoms with Crippen LogP contribution < -0.4 is 5.32 Å². The van der Waals surface area contributed by atoms with Crippen LogP contribution in [-0.2, 0) is 4.79 Å². The van der Waals surface area contributed by atoms with Gasteiger partial charge < -0.3 is 10.4 Å². The van der Waals surface area contributed by atoms with Crippen LogP contribution in [0.2, 0.25) is 0 Å². The van der Waals surface area contributed by atoms with E-state index in [1.165, 1.54) is 38.5 Å². The van der Waals surface area contributed by atoms with Crippen molar-refractivity contribution in [2.45, 2.75) is 83.2 Å². The van der Waals surface area contributed by atoms with Gasteiger partial charge in [-0.2, -0.15) is 0 Å². The first kappa shape index (κ1) is 14.8. The van der Waals surface area contributed by atoms with Gasteiger partial charge in [0.15, 0.2) is 0 Å². The van der Waals surface area contributed by atoms with Gasteiger partial charge in [-0.05, 0) is 44.9 Å². The summed E-state index contributed by atoms with van der Waals surface area (Å²) in [5.74, 6) is 0.0777. The lowest BCUT2D eigenvalue weighted by atomic mass is 9.84. The zero-order chi connectivity index (χ0) is 13.7. The van der Waals surface area contributed by atoms with Crippen molar-refractivity contribution in [2.24, 2.45) is 11.8 Å². The van der Waals surface area contributed by atoms with Gasteiger partial charge in [-0.25, -0.2) is 0 Å². The zero-order valence-electron chi connectivity index (χ0n) is 12.2. The Morgan fingerprint density at radius 1 is 1.05 bits per heavy atom. The molecule has 3 nitrogen and oxygen atoms in total. The Kier molecular flexibility index (Phi) is 5.68. The van der Waals surface area contributed by atoms with Gasteiger partial charge in [0.25, 0.3) is 0 Å². The minimum atomic E-state index is -0.603. The minimum Gasteiger partial charge on any atom is -0.481 e. The SMILES string of the molecule is C[C@@H](NC1CCCC(C(=O)O)C1)C1CCCCCC1. The lowest BCUT2D eigenvalue weighted by Gasteiger charge is -2.33. The summed E-state index contributed by atoms with van der Waals surface area (Å²) < 4.78 is 0. The topological polar surface area (TPSA) is 49.3 Å². The van der Waals surface area contributed by atoms with E-state index in [1.54, 1.807) is 0 Å². The molecule has 2 unspecified atom stereocenters. The van der Waals surface area contributed by atoms with Crippen molar-refractivity contribution in [3.05, 3.63) is 0 Å². The van der Waals surface area contributed by atoms with Gasteiger partial charge in [-0.1, -0.05) is 32.1 Å². The maximum Gasteiger partial charge on any atom is 0.306 e. The van der Waals surface area contributed by atoms with E-state index in [-0.39, 0.29) is 5.92 Å². The first-order chi connectivity index (χ1) is 9.16. The molecular formula is C16H29NO2. The molecular weight excluding hydrogens is 238 g/mol. The van der Waals surface area contributed by atoms with Crippen LogP contribution in [0.25, 0.3) is 0 Å².